The number of nitrogens with zero attached hydrogens (tertiary/aromatic N) is 2. The molecule has 3 aromatic rings. The molecule has 224 valence electrons. The number of carbonyl (C=O) groups is 2. The summed E-state index contributed by atoms with van der Waals surface area (Å²) in [5.74, 6) is -0.765. The van der Waals surface area contributed by atoms with Gasteiger partial charge in [-0.2, -0.15) is 0 Å². The van der Waals surface area contributed by atoms with E-state index in [1.54, 1.807) is 18.2 Å². The molecule has 1 aliphatic carbocycles. The first kappa shape index (κ1) is 31.9. The van der Waals surface area contributed by atoms with E-state index in [1.807, 2.05) is 44.2 Å². The fourth-order valence-corrected chi connectivity index (χ4v) is 7.13. The summed E-state index contributed by atoms with van der Waals surface area (Å²) in [6.07, 6.45) is 5.44. The van der Waals surface area contributed by atoms with E-state index < -0.39 is 28.5 Å². The van der Waals surface area contributed by atoms with Gasteiger partial charge in [0.15, 0.2) is 0 Å². The van der Waals surface area contributed by atoms with Gasteiger partial charge < -0.3 is 10.2 Å². The van der Waals surface area contributed by atoms with Gasteiger partial charge >= 0.3 is 0 Å². The van der Waals surface area contributed by atoms with Gasteiger partial charge in [-0.25, -0.2) is 8.42 Å². The van der Waals surface area contributed by atoms with Gasteiger partial charge in [0.05, 0.1) is 15.6 Å². The van der Waals surface area contributed by atoms with Gasteiger partial charge in [0.2, 0.25) is 11.8 Å². The monoisotopic (exact) mass is 629 g/mol. The lowest BCUT2D eigenvalue weighted by Gasteiger charge is -2.34. The molecule has 0 aliphatic heterocycles. The minimum Gasteiger partial charge on any atom is -0.352 e. The lowest BCUT2D eigenvalue weighted by Crippen LogP contribution is -2.54. The molecule has 1 saturated carbocycles. The van der Waals surface area contributed by atoms with Crippen molar-refractivity contribution in [2.75, 3.05) is 10.8 Å². The Morgan fingerprint density at radius 1 is 0.952 bits per heavy atom. The van der Waals surface area contributed by atoms with Gasteiger partial charge in [-0.3, -0.25) is 13.9 Å². The Morgan fingerprint density at radius 2 is 1.62 bits per heavy atom. The van der Waals surface area contributed by atoms with Gasteiger partial charge in [0, 0.05) is 17.6 Å². The van der Waals surface area contributed by atoms with Crippen molar-refractivity contribution in [2.45, 2.75) is 75.9 Å². The first-order chi connectivity index (χ1) is 20.1. The van der Waals surface area contributed by atoms with Crippen molar-refractivity contribution >= 4 is 50.7 Å². The molecule has 0 spiro atoms. The van der Waals surface area contributed by atoms with E-state index in [9.17, 15) is 18.0 Å². The maximum atomic E-state index is 14.2. The second kappa shape index (κ2) is 14.4. The van der Waals surface area contributed by atoms with Gasteiger partial charge in [0.1, 0.15) is 12.6 Å². The molecule has 0 aromatic heterocycles. The van der Waals surface area contributed by atoms with Gasteiger partial charge in [-0.1, -0.05) is 97.4 Å². The maximum absolute atomic E-state index is 14.2. The zero-order valence-corrected chi connectivity index (χ0v) is 26.3. The zero-order chi connectivity index (χ0) is 30.3. The second-order valence-electron chi connectivity index (χ2n) is 10.7. The van der Waals surface area contributed by atoms with Crippen LogP contribution in [0.5, 0.6) is 0 Å². The van der Waals surface area contributed by atoms with Crippen molar-refractivity contribution in [3.8, 4) is 0 Å². The Kier molecular flexibility index (Phi) is 10.9. The maximum Gasteiger partial charge on any atom is 0.264 e. The highest BCUT2D eigenvalue weighted by atomic mass is 35.5. The molecular weight excluding hydrogens is 593 g/mol. The molecule has 0 heterocycles. The van der Waals surface area contributed by atoms with E-state index in [0.717, 1.165) is 47.5 Å². The van der Waals surface area contributed by atoms with Crippen molar-refractivity contribution in [3.05, 3.63) is 94.0 Å². The molecular formula is C32H37Cl2N3O4S. The Hall–Kier alpha value is -3.07. The third-order valence-corrected chi connectivity index (χ3v) is 9.93. The van der Waals surface area contributed by atoms with Gasteiger partial charge in [-0.15, -0.1) is 0 Å². The number of hydrogen-bond acceptors (Lipinski definition) is 4. The number of halogens is 2. The molecule has 1 atom stereocenters. The van der Waals surface area contributed by atoms with E-state index in [1.165, 1.54) is 29.2 Å². The number of carbonyl (C=O) groups excluding carboxylic acids is 2. The summed E-state index contributed by atoms with van der Waals surface area (Å²) >= 11 is 12.8. The predicted molar refractivity (Wildman–Crippen MR) is 168 cm³/mol. The third kappa shape index (κ3) is 7.85. The Labute approximate surface area is 258 Å². The average Bonchev–Trinajstić information content (AvgIpc) is 2.98. The van der Waals surface area contributed by atoms with Crippen LogP contribution in [0.15, 0.2) is 77.7 Å². The van der Waals surface area contributed by atoms with Crippen LogP contribution in [0.25, 0.3) is 0 Å². The van der Waals surface area contributed by atoms with Gasteiger partial charge in [0.25, 0.3) is 10.0 Å². The zero-order valence-electron chi connectivity index (χ0n) is 23.9. The quantitative estimate of drug-likeness (QED) is 0.254. The number of aryl methyl sites for hydroxylation is 1. The van der Waals surface area contributed by atoms with Crippen molar-refractivity contribution < 1.29 is 18.0 Å². The molecule has 1 N–H and O–H groups in total. The number of hydrogen-bond donors (Lipinski definition) is 1. The van der Waals surface area contributed by atoms with Crippen molar-refractivity contribution in [2.24, 2.45) is 0 Å². The van der Waals surface area contributed by atoms with E-state index in [4.69, 9.17) is 23.2 Å². The summed E-state index contributed by atoms with van der Waals surface area (Å²) < 4.78 is 29.1. The fourth-order valence-electron chi connectivity index (χ4n) is 5.27. The predicted octanol–water partition coefficient (Wildman–Crippen LogP) is 6.75. The Balaban J connectivity index is 1.72. The molecule has 4 rings (SSSR count). The molecule has 1 aliphatic rings. The number of rotatable bonds is 11. The topological polar surface area (TPSA) is 86.8 Å². The number of anilines is 1. The summed E-state index contributed by atoms with van der Waals surface area (Å²) in [6, 6.07) is 19.5. The van der Waals surface area contributed by atoms with E-state index in [-0.39, 0.29) is 39.1 Å². The van der Waals surface area contributed by atoms with Crippen LogP contribution in [0.2, 0.25) is 10.0 Å². The molecule has 0 unspecified atom stereocenters. The summed E-state index contributed by atoms with van der Waals surface area (Å²) in [5.41, 5.74) is 1.79. The van der Waals surface area contributed by atoms with Crippen molar-refractivity contribution in [3.63, 3.8) is 0 Å². The first-order valence-electron chi connectivity index (χ1n) is 14.3. The first-order valence-corrected chi connectivity index (χ1v) is 16.5. The molecule has 0 radical (unpaired) electrons. The molecule has 0 bridgehead atoms. The lowest BCUT2D eigenvalue weighted by molar-refractivity contribution is -0.140. The summed E-state index contributed by atoms with van der Waals surface area (Å²) in [4.78, 5) is 29.3. The SMILES string of the molecule is CC[C@H](C(=O)NC1CCCCC1)N(Cc1ccccc1)C(=O)CN(c1cc(Cl)ccc1Cl)S(=O)(=O)c1ccc(C)cc1. The third-order valence-electron chi connectivity index (χ3n) is 7.60. The lowest BCUT2D eigenvalue weighted by atomic mass is 9.95. The molecule has 7 nitrogen and oxygen atoms in total. The normalized spacial score (nSPS) is 14.7. The molecule has 3 aromatic carbocycles. The molecule has 0 saturated heterocycles. The summed E-state index contributed by atoms with van der Waals surface area (Å²) in [7, 11) is -4.24. The number of benzene rings is 3. The molecule has 1 fully saturated rings. The smallest absolute Gasteiger partial charge is 0.264 e. The van der Waals surface area contributed by atoms with Crippen LogP contribution >= 0.6 is 23.2 Å². The van der Waals surface area contributed by atoms with Gasteiger partial charge in [-0.05, 0) is 62.1 Å². The number of amides is 2. The molecule has 42 heavy (non-hydrogen) atoms. The standard InChI is InChI=1S/C32H37Cl2N3O4S/c1-3-29(32(39)35-26-12-8-5-9-13-26)36(21-24-10-6-4-7-11-24)31(38)22-37(30-20-25(33)16-19-28(30)34)42(40,41)27-17-14-23(2)15-18-27/h4,6-7,10-11,14-20,26,29H,3,5,8-9,12-13,21-22H2,1-2H3,(H,35,39)/t29-/m1/s1. The highest BCUT2D eigenvalue weighted by Gasteiger charge is 2.35. The van der Waals surface area contributed by atoms with Crippen LogP contribution < -0.4 is 9.62 Å². The van der Waals surface area contributed by atoms with Crippen LogP contribution in [0.3, 0.4) is 0 Å². The average molecular weight is 631 g/mol. The van der Waals surface area contributed by atoms with Crippen LogP contribution in [0, 0.1) is 6.92 Å². The van der Waals surface area contributed by atoms with Crippen LogP contribution in [0.1, 0.15) is 56.6 Å². The van der Waals surface area contributed by atoms with Crippen molar-refractivity contribution in [1.82, 2.24) is 10.2 Å². The highest BCUT2D eigenvalue weighted by Crippen LogP contribution is 2.33. The largest absolute Gasteiger partial charge is 0.352 e. The fraction of sp³-hybridized carbons (Fsp3) is 0.375. The molecule has 10 heteroatoms. The summed E-state index contributed by atoms with van der Waals surface area (Å²) in [5, 5.41) is 3.54. The van der Waals surface area contributed by atoms with Crippen LogP contribution in [0.4, 0.5) is 5.69 Å². The minimum absolute atomic E-state index is 0.00800. The Morgan fingerprint density at radius 3 is 2.26 bits per heavy atom. The second-order valence-corrected chi connectivity index (χ2v) is 13.4. The minimum atomic E-state index is -4.24. The Bertz CT molecular complexity index is 1480. The van der Waals surface area contributed by atoms with Crippen LogP contribution in [-0.4, -0.2) is 43.8 Å². The van der Waals surface area contributed by atoms with E-state index >= 15 is 0 Å². The summed E-state index contributed by atoms with van der Waals surface area (Å²) in [6.45, 7) is 3.27. The number of nitrogens with one attached hydrogen (secondary N) is 1. The molecule has 2 amide bonds. The number of sulfonamides is 1. The van der Waals surface area contributed by atoms with E-state index in [0.29, 0.717) is 6.42 Å². The van der Waals surface area contributed by atoms with Crippen LogP contribution in [-0.2, 0) is 26.2 Å². The highest BCUT2D eigenvalue weighted by molar-refractivity contribution is 7.92. The van der Waals surface area contributed by atoms with Crippen molar-refractivity contribution in [1.29, 1.82) is 0 Å². The van der Waals surface area contributed by atoms with E-state index in [2.05, 4.69) is 5.32 Å².